The molecule has 0 radical (unpaired) electrons. The molecule has 0 atom stereocenters. The van der Waals surface area contributed by atoms with Crippen LogP contribution in [-0.2, 0) is 45.3 Å². The first-order valence-corrected chi connectivity index (χ1v) is 19.1. The maximum Gasteiger partial charge on any atom is 0.329 e. The predicted molar refractivity (Wildman–Crippen MR) is 197 cm³/mol. The Bertz CT molecular complexity index is 2280. The third-order valence-corrected chi connectivity index (χ3v) is 10.8. The van der Waals surface area contributed by atoms with Gasteiger partial charge in [-0.25, -0.2) is 4.79 Å². The number of carboxylic acid groups (broad SMARTS) is 2. The number of hydrogen-bond donors (Lipinski definition) is 3. The standard InChI is InChI=1S/C33H31N3O13S4/c1-46-22(28-30(42)35(15-16-47-19-26(39)40)32(52-28)27-29(41)36(18-25(37)38)33(50)49-27)12-13-23(48-20-8-3-2-4-9-20)31-34(14-7-17-53(43,44)45)21-10-5-6-11-24(21)51-31/h2-6,8-13H,7,14-19H2,1H3,(H,37,38)(H,39,40)(H,43,44,45). The molecule has 3 N–H and O–H groups in total. The highest BCUT2D eigenvalue weighted by Gasteiger charge is 2.37. The van der Waals surface area contributed by atoms with Crippen molar-refractivity contribution in [2.75, 3.05) is 44.1 Å². The third kappa shape index (κ3) is 9.72. The number of carboxylic acids is 2. The second-order valence-electron chi connectivity index (χ2n) is 11.0. The van der Waals surface area contributed by atoms with E-state index >= 15 is 0 Å². The molecule has 0 aliphatic carbocycles. The number of thiocarbonyl (C=S) groups is 1. The summed E-state index contributed by atoms with van der Waals surface area (Å²) in [7, 11) is -2.90. The molecular weight excluding hydrogens is 775 g/mol. The summed E-state index contributed by atoms with van der Waals surface area (Å²) in [5, 5.41) is 18.4. The quantitative estimate of drug-likeness (QED) is 0.0816. The van der Waals surface area contributed by atoms with Crippen molar-refractivity contribution in [2.24, 2.45) is 0 Å². The Kier molecular flexibility index (Phi) is 12.7. The predicted octanol–water partition coefficient (Wildman–Crippen LogP) is 1.80. The second kappa shape index (κ2) is 17.2. The molecule has 1 saturated heterocycles. The summed E-state index contributed by atoms with van der Waals surface area (Å²) >= 11 is 7.24. The number of rotatable bonds is 16. The first-order valence-electron chi connectivity index (χ1n) is 15.5. The fraction of sp³-hybridized carbons (Fsp3) is 0.242. The Morgan fingerprint density at radius 3 is 2.34 bits per heavy atom. The number of fused-ring (bicyclic) bond motifs is 1. The molecule has 0 saturated carbocycles. The number of para-hydroxylation sites is 2. The van der Waals surface area contributed by atoms with Crippen LogP contribution < -0.4 is 24.4 Å². The summed E-state index contributed by atoms with van der Waals surface area (Å²) in [6.45, 7) is -1.69. The first-order chi connectivity index (χ1) is 25.3. The number of amides is 1. The number of aliphatic carboxylic acids is 2. The van der Waals surface area contributed by atoms with Gasteiger partial charge < -0.3 is 34.1 Å². The number of nitrogens with zero attached hydrogens (tertiary/aromatic N) is 3. The number of carbonyl (C=O) groups is 3. The molecule has 0 unspecified atom stereocenters. The van der Waals surface area contributed by atoms with Gasteiger partial charge in [0.1, 0.15) is 38.9 Å². The average Bonchev–Trinajstić information content (AvgIpc) is 3.73. The van der Waals surface area contributed by atoms with Crippen molar-refractivity contribution >= 4 is 85.7 Å². The van der Waals surface area contributed by atoms with Gasteiger partial charge in [-0.3, -0.25) is 28.4 Å². The van der Waals surface area contributed by atoms with Crippen LogP contribution in [0.25, 0.3) is 11.5 Å². The van der Waals surface area contributed by atoms with Gasteiger partial charge in [0.25, 0.3) is 20.9 Å². The van der Waals surface area contributed by atoms with E-state index in [1.807, 2.05) is 35.2 Å². The van der Waals surface area contributed by atoms with Crippen molar-refractivity contribution in [3.63, 3.8) is 0 Å². The van der Waals surface area contributed by atoms with E-state index in [0.717, 1.165) is 31.4 Å². The molecule has 280 valence electrons. The lowest BCUT2D eigenvalue weighted by Gasteiger charge is -2.22. The zero-order chi connectivity index (χ0) is 38.3. The minimum absolute atomic E-state index is 0.0140. The van der Waals surface area contributed by atoms with Crippen molar-refractivity contribution in [2.45, 2.75) is 17.9 Å². The van der Waals surface area contributed by atoms with Crippen LogP contribution in [0.2, 0.25) is 0 Å². The number of hydrogen-bond acceptors (Lipinski definition) is 14. The molecule has 0 spiro atoms. The molecule has 16 nitrogen and oxygen atoms in total. The lowest BCUT2D eigenvalue weighted by Crippen LogP contribution is -2.36. The Balaban J connectivity index is 1.65. The van der Waals surface area contributed by atoms with Gasteiger partial charge in [0, 0.05) is 11.4 Å². The highest BCUT2D eigenvalue weighted by atomic mass is 32.2. The van der Waals surface area contributed by atoms with E-state index < -0.39 is 63.4 Å². The van der Waals surface area contributed by atoms with Gasteiger partial charge in [-0.2, -0.15) is 8.42 Å². The Labute approximate surface area is 315 Å². The Hall–Kier alpha value is -4.99. The molecule has 1 fully saturated rings. The maximum absolute atomic E-state index is 13.9. The SMILES string of the molecule is COC(C=CC(Oc1ccccc1)=C1Sc2ccccc2N1CCCS(=O)(=O)O)=c1sc(=C2OC(=S)N(CC(=O)O)C2=O)n(CCOCC(=O)O)c1=O. The Morgan fingerprint density at radius 1 is 0.962 bits per heavy atom. The van der Waals surface area contributed by atoms with Gasteiger partial charge in [0.05, 0.1) is 31.7 Å². The minimum Gasteiger partial charge on any atom is -0.495 e. The number of benzene rings is 2. The maximum atomic E-state index is 13.9. The normalized spacial score (nSPS) is 16.9. The van der Waals surface area contributed by atoms with E-state index in [1.165, 1.54) is 24.9 Å². The van der Waals surface area contributed by atoms with Crippen LogP contribution in [0.1, 0.15) is 6.42 Å². The zero-order valence-corrected chi connectivity index (χ0v) is 31.0. The van der Waals surface area contributed by atoms with E-state index in [4.69, 9.17) is 36.3 Å². The van der Waals surface area contributed by atoms with Crippen LogP contribution in [-0.4, -0.2) is 94.8 Å². The summed E-state index contributed by atoms with van der Waals surface area (Å²) in [5.41, 5.74) is 0.120. The molecule has 2 aliphatic heterocycles. The van der Waals surface area contributed by atoms with Gasteiger partial charge >= 0.3 is 17.8 Å². The van der Waals surface area contributed by atoms with Crippen molar-refractivity contribution in [3.05, 3.63) is 97.1 Å². The first kappa shape index (κ1) is 39.2. The van der Waals surface area contributed by atoms with Gasteiger partial charge in [0.2, 0.25) is 5.76 Å². The third-order valence-electron chi connectivity index (χ3n) is 7.31. The van der Waals surface area contributed by atoms with Gasteiger partial charge in [-0.15, -0.1) is 11.3 Å². The van der Waals surface area contributed by atoms with Gasteiger partial charge in [-0.1, -0.05) is 42.1 Å². The lowest BCUT2D eigenvalue weighted by atomic mass is 10.2. The number of anilines is 1. The summed E-state index contributed by atoms with van der Waals surface area (Å²) in [4.78, 5) is 53.0. The van der Waals surface area contributed by atoms with Crippen LogP contribution in [0.3, 0.4) is 0 Å². The highest BCUT2D eigenvalue weighted by Crippen LogP contribution is 2.47. The summed E-state index contributed by atoms with van der Waals surface area (Å²) in [6.07, 6.45) is 3.12. The Morgan fingerprint density at radius 2 is 1.66 bits per heavy atom. The van der Waals surface area contributed by atoms with Crippen LogP contribution in [0.5, 0.6) is 5.75 Å². The second-order valence-corrected chi connectivity index (χ2v) is 14.9. The molecule has 3 aromatic rings. The highest BCUT2D eigenvalue weighted by molar-refractivity contribution is 8.03. The largest absolute Gasteiger partial charge is 0.495 e. The van der Waals surface area contributed by atoms with Crippen molar-refractivity contribution in [3.8, 4) is 5.75 Å². The van der Waals surface area contributed by atoms with E-state index in [2.05, 4.69) is 0 Å². The van der Waals surface area contributed by atoms with Crippen LogP contribution in [0.15, 0.2) is 87.2 Å². The monoisotopic (exact) mass is 805 g/mol. The van der Waals surface area contributed by atoms with E-state index in [1.54, 1.807) is 30.3 Å². The number of aromatic nitrogens is 1. The molecular formula is C33H31N3O13S4. The van der Waals surface area contributed by atoms with Gasteiger partial charge in [0.15, 0.2) is 5.76 Å². The molecule has 2 aromatic carbocycles. The average molecular weight is 806 g/mol. The van der Waals surface area contributed by atoms with Crippen LogP contribution in [0.4, 0.5) is 5.69 Å². The molecule has 0 bridgehead atoms. The molecule has 5 rings (SSSR count). The van der Waals surface area contributed by atoms with Crippen molar-refractivity contribution in [1.29, 1.82) is 0 Å². The zero-order valence-electron chi connectivity index (χ0n) is 27.7. The summed E-state index contributed by atoms with van der Waals surface area (Å²) < 4.78 is 56.1. The van der Waals surface area contributed by atoms with Crippen molar-refractivity contribution < 1.29 is 56.5 Å². The smallest absolute Gasteiger partial charge is 0.329 e. The lowest BCUT2D eigenvalue weighted by molar-refractivity contribution is -0.142. The number of thioether (sulfide) groups is 1. The van der Waals surface area contributed by atoms with E-state index in [-0.39, 0.29) is 46.8 Å². The van der Waals surface area contributed by atoms with Crippen LogP contribution in [0, 0.1) is 0 Å². The number of ether oxygens (including phenoxy) is 4. The fourth-order valence-electron chi connectivity index (χ4n) is 5.05. The number of allylic oxidation sites excluding steroid dienone is 1. The topological polar surface area (TPSA) is 211 Å². The van der Waals surface area contributed by atoms with Gasteiger partial charge in [-0.05, 0) is 55.1 Å². The van der Waals surface area contributed by atoms with Crippen LogP contribution >= 0.6 is 35.3 Å². The molecule has 53 heavy (non-hydrogen) atoms. The fourth-order valence-corrected chi connectivity index (χ4v) is 8.07. The molecule has 1 aromatic heterocycles. The molecule has 20 heteroatoms. The molecule has 1 amide bonds. The minimum atomic E-state index is -4.22. The molecule has 2 aliphatic rings. The van der Waals surface area contributed by atoms with E-state index in [9.17, 15) is 37.3 Å². The van der Waals surface area contributed by atoms with Crippen molar-refractivity contribution in [1.82, 2.24) is 9.47 Å². The summed E-state index contributed by atoms with van der Waals surface area (Å²) in [5.74, 6) is -3.56. The van der Waals surface area contributed by atoms with E-state index in [0.29, 0.717) is 10.8 Å². The number of methoxy groups -OCH3 is 1. The number of thiazole rings is 1. The summed E-state index contributed by atoms with van der Waals surface area (Å²) in [6, 6.07) is 16.3. The molecule has 3 heterocycles. The number of carbonyl (C=O) groups excluding carboxylic acids is 1.